The molecule has 0 unspecified atom stereocenters. The quantitative estimate of drug-likeness (QED) is 0.525. The smallest absolute Gasteiger partial charge is 0.108 e. The summed E-state index contributed by atoms with van der Waals surface area (Å²) in [7, 11) is 0. The van der Waals surface area contributed by atoms with Gasteiger partial charge in [0.2, 0.25) is 0 Å². The van der Waals surface area contributed by atoms with Crippen LogP contribution in [0.4, 0.5) is 11.5 Å². The van der Waals surface area contributed by atoms with Gasteiger partial charge in [-0.25, -0.2) is 0 Å². The van der Waals surface area contributed by atoms with E-state index in [2.05, 4.69) is 4.98 Å². The fourth-order valence-electron chi connectivity index (χ4n) is 1.22. The van der Waals surface area contributed by atoms with Crippen LogP contribution >= 0.6 is 0 Å². The first-order valence-corrected chi connectivity index (χ1v) is 3.40. The zero-order chi connectivity index (χ0) is 7.84. The highest BCUT2D eigenvalue weighted by molar-refractivity contribution is 5.85. The maximum Gasteiger partial charge on any atom is 0.108 e. The number of H-pyrrole nitrogens is 1. The molecule has 56 valence electrons. The minimum atomic E-state index is 0.666. The van der Waals surface area contributed by atoms with Gasteiger partial charge in [-0.05, 0) is 18.2 Å². The van der Waals surface area contributed by atoms with E-state index in [0.717, 1.165) is 16.8 Å². The third-order valence-electron chi connectivity index (χ3n) is 1.81. The highest BCUT2D eigenvalue weighted by atomic mass is 14.8. The average Bonchev–Trinajstić information content (AvgIpc) is 2.35. The Hall–Kier alpha value is -1.64. The number of aromatic amines is 1. The molecule has 0 bridgehead atoms. The van der Waals surface area contributed by atoms with Gasteiger partial charge in [-0.1, -0.05) is 0 Å². The number of nitrogens with one attached hydrogen (secondary N) is 1. The van der Waals surface area contributed by atoms with Gasteiger partial charge in [0.25, 0.3) is 0 Å². The number of hydrogen-bond donors (Lipinski definition) is 3. The SMILES string of the molecule is Nc1ccc2c(N)[nH]ccc1-2. The fourth-order valence-corrected chi connectivity index (χ4v) is 1.22. The van der Waals surface area contributed by atoms with Crippen LogP contribution < -0.4 is 11.5 Å². The number of rotatable bonds is 0. The van der Waals surface area contributed by atoms with Gasteiger partial charge in [-0.3, -0.25) is 0 Å². The molecule has 0 atom stereocenters. The second-order valence-electron chi connectivity index (χ2n) is 2.51. The average molecular weight is 147 g/mol. The summed E-state index contributed by atoms with van der Waals surface area (Å²) in [6, 6.07) is 5.69. The van der Waals surface area contributed by atoms with Crippen LogP contribution in [0.5, 0.6) is 0 Å². The lowest BCUT2D eigenvalue weighted by molar-refractivity contribution is 1.34. The van der Waals surface area contributed by atoms with E-state index >= 15 is 0 Å². The standard InChI is InChI=1S/C8H9N3/c9-7-2-1-6-5(7)3-4-11-8(6)10/h1-4,11H,9-10H2. The second-order valence-corrected chi connectivity index (χ2v) is 2.51. The van der Waals surface area contributed by atoms with Crippen molar-refractivity contribution in [3.05, 3.63) is 24.4 Å². The molecule has 0 aromatic rings. The monoisotopic (exact) mass is 147 g/mol. The highest BCUT2D eigenvalue weighted by Gasteiger charge is 2.08. The molecule has 11 heavy (non-hydrogen) atoms. The Morgan fingerprint density at radius 3 is 2.55 bits per heavy atom. The van der Waals surface area contributed by atoms with E-state index in [1.807, 2.05) is 18.2 Å². The van der Waals surface area contributed by atoms with Crippen molar-refractivity contribution in [2.24, 2.45) is 0 Å². The number of hydrogen-bond acceptors (Lipinski definition) is 2. The molecule has 1 aliphatic carbocycles. The minimum Gasteiger partial charge on any atom is -0.398 e. The molecule has 0 saturated carbocycles. The summed E-state index contributed by atoms with van der Waals surface area (Å²) in [6.07, 6.45) is 1.79. The van der Waals surface area contributed by atoms with Crippen molar-refractivity contribution in [3.63, 3.8) is 0 Å². The van der Waals surface area contributed by atoms with Crippen molar-refractivity contribution in [3.8, 4) is 11.1 Å². The van der Waals surface area contributed by atoms with Crippen LogP contribution in [0.3, 0.4) is 0 Å². The number of aromatic nitrogens is 1. The largest absolute Gasteiger partial charge is 0.398 e. The highest BCUT2D eigenvalue weighted by Crippen LogP contribution is 2.32. The molecule has 3 heteroatoms. The summed E-state index contributed by atoms with van der Waals surface area (Å²) in [6.45, 7) is 0. The minimum absolute atomic E-state index is 0.666. The van der Waals surface area contributed by atoms with E-state index in [0.29, 0.717) is 5.82 Å². The van der Waals surface area contributed by atoms with Gasteiger partial charge in [0.1, 0.15) is 5.82 Å². The normalized spacial score (nSPS) is 10.5. The zero-order valence-corrected chi connectivity index (χ0v) is 5.96. The van der Waals surface area contributed by atoms with Gasteiger partial charge in [0.05, 0.1) is 0 Å². The van der Waals surface area contributed by atoms with Crippen LogP contribution in [0, 0.1) is 0 Å². The molecule has 0 saturated heterocycles. The number of nitrogens with two attached hydrogens (primary N) is 2. The van der Waals surface area contributed by atoms with Gasteiger partial charge in [-0.15, -0.1) is 0 Å². The molecule has 0 amide bonds. The van der Waals surface area contributed by atoms with E-state index in [9.17, 15) is 0 Å². The Labute approximate surface area is 64.4 Å². The summed E-state index contributed by atoms with van der Waals surface area (Å²) in [4.78, 5) is 2.91. The summed E-state index contributed by atoms with van der Waals surface area (Å²) in [5.41, 5.74) is 14.1. The summed E-state index contributed by atoms with van der Waals surface area (Å²) in [5, 5.41) is 0. The molecule has 1 heterocycles. The van der Waals surface area contributed by atoms with Crippen molar-refractivity contribution in [2.45, 2.75) is 0 Å². The van der Waals surface area contributed by atoms with E-state index in [-0.39, 0.29) is 0 Å². The predicted molar refractivity (Wildman–Crippen MR) is 46.2 cm³/mol. The number of nitrogen functional groups attached to an aromatic ring is 2. The van der Waals surface area contributed by atoms with Gasteiger partial charge in [0.15, 0.2) is 0 Å². The second kappa shape index (κ2) is 1.92. The van der Waals surface area contributed by atoms with Crippen LogP contribution in [-0.4, -0.2) is 4.98 Å². The molecule has 0 aromatic heterocycles. The van der Waals surface area contributed by atoms with Gasteiger partial charge < -0.3 is 16.5 Å². The first kappa shape index (κ1) is 6.09. The Morgan fingerprint density at radius 1 is 1.00 bits per heavy atom. The summed E-state index contributed by atoms with van der Waals surface area (Å²) < 4.78 is 0. The summed E-state index contributed by atoms with van der Waals surface area (Å²) in [5.74, 6) is 0.666. The molecule has 0 spiro atoms. The lowest BCUT2D eigenvalue weighted by Gasteiger charge is -2.02. The van der Waals surface area contributed by atoms with Crippen LogP contribution in [-0.2, 0) is 0 Å². The Bertz CT molecular complexity index is 351. The molecule has 3 nitrogen and oxygen atoms in total. The predicted octanol–water partition coefficient (Wildman–Crippen LogP) is 1.28. The molecule has 1 aliphatic heterocycles. The first-order chi connectivity index (χ1) is 5.29. The first-order valence-electron chi connectivity index (χ1n) is 3.40. The molecule has 2 aliphatic rings. The van der Waals surface area contributed by atoms with E-state index in [4.69, 9.17) is 11.5 Å². The number of fused-ring (bicyclic) bond motifs is 1. The zero-order valence-electron chi connectivity index (χ0n) is 5.96. The van der Waals surface area contributed by atoms with Crippen LogP contribution in [0.2, 0.25) is 0 Å². The van der Waals surface area contributed by atoms with E-state index in [1.54, 1.807) is 6.20 Å². The Morgan fingerprint density at radius 2 is 1.82 bits per heavy atom. The fraction of sp³-hybridized carbons (Fsp3) is 0. The van der Waals surface area contributed by atoms with Gasteiger partial charge >= 0.3 is 0 Å². The van der Waals surface area contributed by atoms with E-state index < -0.39 is 0 Å². The lowest BCUT2D eigenvalue weighted by Crippen LogP contribution is -1.93. The van der Waals surface area contributed by atoms with Crippen LogP contribution in [0.15, 0.2) is 24.4 Å². The third kappa shape index (κ3) is 0.741. The van der Waals surface area contributed by atoms with E-state index in [1.165, 1.54) is 0 Å². The van der Waals surface area contributed by atoms with Crippen LogP contribution in [0.25, 0.3) is 11.1 Å². The van der Waals surface area contributed by atoms with Crippen LogP contribution in [0.1, 0.15) is 0 Å². The molecular formula is C8H9N3. The molecule has 0 aromatic carbocycles. The molecule has 5 N–H and O–H groups in total. The molecule has 0 radical (unpaired) electrons. The van der Waals surface area contributed by atoms with Crippen molar-refractivity contribution >= 4 is 11.5 Å². The van der Waals surface area contributed by atoms with Crippen molar-refractivity contribution in [2.75, 3.05) is 11.5 Å². The molecule has 2 rings (SSSR count). The van der Waals surface area contributed by atoms with Crippen molar-refractivity contribution in [1.29, 1.82) is 0 Å². The maximum atomic E-state index is 5.68. The molecular weight excluding hydrogens is 138 g/mol. The van der Waals surface area contributed by atoms with Gasteiger partial charge in [-0.2, -0.15) is 0 Å². The number of pyridine rings is 1. The Balaban J connectivity index is 2.79. The topological polar surface area (TPSA) is 67.8 Å². The molecule has 0 fully saturated rings. The number of anilines is 2. The summed E-state index contributed by atoms with van der Waals surface area (Å²) >= 11 is 0. The lowest BCUT2D eigenvalue weighted by atomic mass is 10.1. The van der Waals surface area contributed by atoms with Crippen molar-refractivity contribution < 1.29 is 0 Å². The van der Waals surface area contributed by atoms with Gasteiger partial charge in [0, 0.05) is 23.0 Å². The third-order valence-corrected chi connectivity index (χ3v) is 1.81. The maximum absolute atomic E-state index is 5.68. The Kier molecular flexibility index (Phi) is 1.06. The van der Waals surface area contributed by atoms with Crippen molar-refractivity contribution in [1.82, 2.24) is 4.98 Å².